The SMILES string of the molecule is CCOc1ccc(N(CC(=O)N(Cc2ccccc2Cl)[C@@H](CC)C(=O)NC2CCCCC2)S(=O)(=O)c2ccc(Br)cc2)cc1. The van der Waals surface area contributed by atoms with Crippen LogP contribution in [0.4, 0.5) is 5.69 Å². The van der Waals surface area contributed by atoms with E-state index in [4.69, 9.17) is 16.3 Å². The van der Waals surface area contributed by atoms with Gasteiger partial charge in [-0.15, -0.1) is 0 Å². The first-order valence-corrected chi connectivity index (χ1v) is 17.6. The van der Waals surface area contributed by atoms with Crippen molar-refractivity contribution in [3.63, 3.8) is 0 Å². The van der Waals surface area contributed by atoms with Crippen molar-refractivity contribution in [1.29, 1.82) is 0 Å². The Morgan fingerprint density at radius 2 is 1.64 bits per heavy atom. The fourth-order valence-corrected chi connectivity index (χ4v) is 7.29. The highest BCUT2D eigenvalue weighted by molar-refractivity contribution is 9.10. The van der Waals surface area contributed by atoms with Crippen LogP contribution in [-0.4, -0.2) is 50.4 Å². The molecule has 0 aromatic heterocycles. The number of ether oxygens (including phenoxy) is 1. The minimum Gasteiger partial charge on any atom is -0.494 e. The Morgan fingerprint density at radius 3 is 2.25 bits per heavy atom. The van der Waals surface area contributed by atoms with Crippen LogP contribution in [0.25, 0.3) is 0 Å². The van der Waals surface area contributed by atoms with Crippen LogP contribution < -0.4 is 14.4 Å². The lowest BCUT2D eigenvalue weighted by atomic mass is 9.95. The van der Waals surface area contributed by atoms with Gasteiger partial charge in [0, 0.05) is 22.1 Å². The number of anilines is 1. The number of carbonyl (C=O) groups is 2. The van der Waals surface area contributed by atoms with Crippen LogP contribution in [0.15, 0.2) is 82.2 Å². The van der Waals surface area contributed by atoms with Crippen molar-refractivity contribution in [3.05, 3.63) is 87.9 Å². The van der Waals surface area contributed by atoms with Gasteiger partial charge in [-0.25, -0.2) is 8.42 Å². The Hall–Kier alpha value is -3.08. The van der Waals surface area contributed by atoms with Crippen molar-refractivity contribution in [2.45, 2.75) is 75.9 Å². The molecular weight excluding hydrogens is 666 g/mol. The van der Waals surface area contributed by atoms with Gasteiger partial charge in [-0.05, 0) is 86.3 Å². The van der Waals surface area contributed by atoms with Crippen molar-refractivity contribution >= 4 is 55.1 Å². The van der Waals surface area contributed by atoms with Crippen LogP contribution in [0.1, 0.15) is 57.9 Å². The lowest BCUT2D eigenvalue weighted by molar-refractivity contribution is -0.140. The van der Waals surface area contributed by atoms with Gasteiger partial charge in [0.15, 0.2) is 0 Å². The molecule has 3 aromatic rings. The third kappa shape index (κ3) is 8.55. The van der Waals surface area contributed by atoms with Crippen molar-refractivity contribution in [2.75, 3.05) is 17.5 Å². The van der Waals surface area contributed by atoms with Crippen LogP contribution in [0, 0.1) is 0 Å². The van der Waals surface area contributed by atoms with Gasteiger partial charge in [0.2, 0.25) is 11.8 Å². The average molecular weight is 705 g/mol. The molecule has 0 heterocycles. The van der Waals surface area contributed by atoms with E-state index in [0.717, 1.165) is 40.9 Å². The van der Waals surface area contributed by atoms with E-state index in [1.54, 1.807) is 54.6 Å². The molecule has 0 bridgehead atoms. The summed E-state index contributed by atoms with van der Waals surface area (Å²) in [6.45, 7) is 3.69. The second kappa shape index (κ2) is 15.8. The third-order valence-corrected chi connectivity index (χ3v) is 10.4. The third-order valence-electron chi connectivity index (χ3n) is 7.75. The summed E-state index contributed by atoms with van der Waals surface area (Å²) in [5, 5.41) is 3.61. The van der Waals surface area contributed by atoms with Gasteiger partial charge in [-0.2, -0.15) is 0 Å². The van der Waals surface area contributed by atoms with E-state index in [-0.39, 0.29) is 23.4 Å². The molecule has 1 aliphatic carbocycles. The highest BCUT2D eigenvalue weighted by Gasteiger charge is 2.34. The number of nitrogens with one attached hydrogen (secondary N) is 1. The normalized spacial score (nSPS) is 14.5. The van der Waals surface area contributed by atoms with Crippen LogP contribution >= 0.6 is 27.5 Å². The fourth-order valence-electron chi connectivity index (χ4n) is 5.41. The molecule has 11 heteroatoms. The predicted octanol–water partition coefficient (Wildman–Crippen LogP) is 6.95. The summed E-state index contributed by atoms with van der Waals surface area (Å²) in [5.41, 5.74) is 0.955. The Labute approximate surface area is 273 Å². The van der Waals surface area contributed by atoms with Gasteiger partial charge in [-0.1, -0.05) is 71.9 Å². The van der Waals surface area contributed by atoms with E-state index in [2.05, 4.69) is 21.2 Å². The molecule has 3 aromatic carbocycles. The molecule has 1 N–H and O–H groups in total. The van der Waals surface area contributed by atoms with Crippen molar-refractivity contribution in [2.24, 2.45) is 0 Å². The number of halogens is 2. The molecule has 1 saturated carbocycles. The second-order valence-electron chi connectivity index (χ2n) is 10.8. The number of benzene rings is 3. The number of rotatable bonds is 13. The van der Waals surface area contributed by atoms with E-state index in [1.807, 2.05) is 19.9 Å². The molecular formula is C33H39BrClN3O5S. The lowest BCUT2D eigenvalue weighted by Gasteiger charge is -2.34. The number of hydrogen-bond acceptors (Lipinski definition) is 5. The molecule has 0 aliphatic heterocycles. The highest BCUT2D eigenvalue weighted by Crippen LogP contribution is 2.28. The maximum atomic E-state index is 14.3. The molecule has 1 atom stereocenters. The summed E-state index contributed by atoms with van der Waals surface area (Å²) in [5.74, 6) is -0.192. The van der Waals surface area contributed by atoms with Gasteiger partial charge in [-0.3, -0.25) is 13.9 Å². The number of nitrogens with zero attached hydrogens (tertiary/aromatic N) is 2. The standard InChI is InChI=1S/C33H39BrClN3O5S/c1-3-31(33(40)36-26-11-6-5-7-12-26)37(22-24-10-8-9-13-30(24)35)32(39)23-38(27-16-18-28(19-17-27)43-4-2)44(41,42)29-20-14-25(34)15-21-29/h8-10,13-21,26,31H,3-7,11-12,22-23H2,1-2H3,(H,36,40)/t31-/m0/s1. The molecule has 8 nitrogen and oxygen atoms in total. The van der Waals surface area contributed by atoms with Crippen LogP contribution in [0.3, 0.4) is 0 Å². The Balaban J connectivity index is 1.71. The molecule has 1 aliphatic rings. The molecule has 0 saturated heterocycles. The van der Waals surface area contributed by atoms with Gasteiger partial charge < -0.3 is 15.0 Å². The molecule has 0 radical (unpaired) electrons. The van der Waals surface area contributed by atoms with E-state index < -0.39 is 28.5 Å². The number of carbonyl (C=O) groups excluding carboxylic acids is 2. The summed E-state index contributed by atoms with van der Waals surface area (Å²) in [4.78, 5) is 29.5. The van der Waals surface area contributed by atoms with Crippen LogP contribution in [-0.2, 0) is 26.2 Å². The molecule has 236 valence electrons. The summed E-state index contributed by atoms with van der Waals surface area (Å²) in [6.07, 6.45) is 5.39. The molecule has 1 fully saturated rings. The quantitative estimate of drug-likeness (QED) is 0.208. The molecule has 0 spiro atoms. The zero-order valence-corrected chi connectivity index (χ0v) is 28.2. The Bertz CT molecular complexity index is 1510. The second-order valence-corrected chi connectivity index (χ2v) is 14.0. The zero-order valence-electron chi connectivity index (χ0n) is 25.0. The van der Waals surface area contributed by atoms with Gasteiger partial charge in [0.05, 0.1) is 17.2 Å². The zero-order chi connectivity index (χ0) is 31.7. The summed E-state index contributed by atoms with van der Waals surface area (Å²) < 4.78 is 35.5. The summed E-state index contributed by atoms with van der Waals surface area (Å²) in [6, 6.07) is 19.2. The van der Waals surface area contributed by atoms with Crippen molar-refractivity contribution < 1.29 is 22.7 Å². The van der Waals surface area contributed by atoms with Gasteiger partial charge in [0.25, 0.3) is 10.0 Å². The Morgan fingerprint density at radius 1 is 0.977 bits per heavy atom. The average Bonchev–Trinajstić information content (AvgIpc) is 3.02. The molecule has 2 amide bonds. The molecule has 4 rings (SSSR count). The minimum atomic E-state index is -4.18. The van der Waals surface area contributed by atoms with E-state index >= 15 is 0 Å². The highest BCUT2D eigenvalue weighted by atomic mass is 79.9. The Kier molecular flexibility index (Phi) is 12.1. The first-order valence-electron chi connectivity index (χ1n) is 15.0. The number of hydrogen-bond donors (Lipinski definition) is 1. The molecule has 44 heavy (non-hydrogen) atoms. The van der Waals surface area contributed by atoms with Crippen LogP contribution in [0.5, 0.6) is 5.75 Å². The van der Waals surface area contributed by atoms with Crippen molar-refractivity contribution in [1.82, 2.24) is 10.2 Å². The minimum absolute atomic E-state index is 0.0297. The fraction of sp³-hybridized carbons (Fsp3) is 0.394. The summed E-state index contributed by atoms with van der Waals surface area (Å²) in [7, 11) is -4.18. The van der Waals surface area contributed by atoms with Gasteiger partial charge in [0.1, 0.15) is 18.3 Å². The maximum absolute atomic E-state index is 14.3. The van der Waals surface area contributed by atoms with E-state index in [9.17, 15) is 18.0 Å². The molecule has 0 unspecified atom stereocenters. The number of sulfonamides is 1. The predicted molar refractivity (Wildman–Crippen MR) is 177 cm³/mol. The monoisotopic (exact) mass is 703 g/mol. The maximum Gasteiger partial charge on any atom is 0.264 e. The first kappa shape index (κ1) is 33.8. The van der Waals surface area contributed by atoms with E-state index in [0.29, 0.717) is 35.1 Å². The lowest BCUT2D eigenvalue weighted by Crippen LogP contribution is -2.54. The smallest absolute Gasteiger partial charge is 0.264 e. The number of amides is 2. The summed E-state index contributed by atoms with van der Waals surface area (Å²) >= 11 is 9.86. The largest absolute Gasteiger partial charge is 0.494 e. The van der Waals surface area contributed by atoms with Gasteiger partial charge >= 0.3 is 0 Å². The topological polar surface area (TPSA) is 96.0 Å². The van der Waals surface area contributed by atoms with Crippen molar-refractivity contribution in [3.8, 4) is 5.75 Å². The van der Waals surface area contributed by atoms with Crippen LogP contribution in [0.2, 0.25) is 5.02 Å². The first-order chi connectivity index (χ1) is 21.1. The van der Waals surface area contributed by atoms with E-state index in [1.165, 1.54) is 17.0 Å².